The van der Waals surface area contributed by atoms with Crippen LogP contribution in [0.1, 0.15) is 58.9 Å². The number of carbonyl (C=O) groups is 2. The Bertz CT molecular complexity index is 1200. The monoisotopic (exact) mass is 520 g/mol. The molecule has 0 saturated heterocycles. The fourth-order valence-electron chi connectivity index (χ4n) is 4.15. The minimum atomic E-state index is -0.153. The van der Waals surface area contributed by atoms with E-state index in [0.717, 1.165) is 35.7 Å². The highest BCUT2D eigenvalue weighted by molar-refractivity contribution is 7.15. The molecule has 2 N–H and O–H groups in total. The Balaban J connectivity index is 1.09. The van der Waals surface area contributed by atoms with Crippen molar-refractivity contribution in [1.29, 1.82) is 0 Å². The third-order valence-corrected chi connectivity index (χ3v) is 7.94. The number of pyridine rings is 2. The summed E-state index contributed by atoms with van der Waals surface area (Å²) in [6.45, 7) is 0. The minimum absolute atomic E-state index is 0.153. The van der Waals surface area contributed by atoms with Crippen molar-refractivity contribution in [2.24, 2.45) is 0 Å². The molecule has 184 valence electrons. The normalized spacial score (nSPS) is 17.4. The van der Waals surface area contributed by atoms with Gasteiger partial charge in [0.2, 0.25) is 22.1 Å². The Labute approximate surface area is 215 Å². The Kier molecular flexibility index (Phi) is 7.62. The first-order valence-corrected chi connectivity index (χ1v) is 13.3. The first-order valence-electron chi connectivity index (χ1n) is 11.7. The number of aromatic nitrogens is 6. The third-order valence-electron chi connectivity index (χ3n) is 5.94. The van der Waals surface area contributed by atoms with Gasteiger partial charge in [0.25, 0.3) is 0 Å². The van der Waals surface area contributed by atoms with Gasteiger partial charge in [-0.2, -0.15) is 0 Å². The molecular formula is C24H24N8O2S2. The number of hydrogen-bond acceptors (Lipinski definition) is 10. The second-order valence-electron chi connectivity index (χ2n) is 8.53. The number of carbonyl (C=O) groups excluding carboxylic acids is 2. The largest absolute Gasteiger partial charge is 0.300 e. The average Bonchev–Trinajstić information content (AvgIpc) is 3.55. The molecule has 1 saturated carbocycles. The van der Waals surface area contributed by atoms with Crippen LogP contribution in [0.5, 0.6) is 0 Å². The van der Waals surface area contributed by atoms with Crippen molar-refractivity contribution < 1.29 is 9.59 Å². The zero-order valence-electron chi connectivity index (χ0n) is 19.3. The molecule has 0 aliphatic heterocycles. The Hall–Kier alpha value is -3.64. The summed E-state index contributed by atoms with van der Waals surface area (Å²) in [5, 5.41) is 25.6. The molecule has 1 aliphatic carbocycles. The molecule has 0 atom stereocenters. The van der Waals surface area contributed by atoms with E-state index in [9.17, 15) is 9.59 Å². The van der Waals surface area contributed by atoms with Gasteiger partial charge in [-0.25, -0.2) is 0 Å². The van der Waals surface area contributed by atoms with Crippen LogP contribution >= 0.6 is 22.7 Å². The number of hydrogen-bond donors (Lipinski definition) is 2. The molecular weight excluding hydrogens is 496 g/mol. The first kappa shape index (κ1) is 24.1. The van der Waals surface area contributed by atoms with Gasteiger partial charge < -0.3 is 10.6 Å². The fourth-order valence-corrected chi connectivity index (χ4v) is 6.01. The average molecular weight is 521 g/mol. The third kappa shape index (κ3) is 6.32. The zero-order valence-corrected chi connectivity index (χ0v) is 21.0. The van der Waals surface area contributed by atoms with Crippen LogP contribution in [-0.2, 0) is 22.4 Å². The topological polar surface area (TPSA) is 136 Å². The number of anilines is 2. The van der Waals surface area contributed by atoms with Crippen LogP contribution < -0.4 is 10.6 Å². The van der Waals surface area contributed by atoms with Crippen molar-refractivity contribution in [3.8, 4) is 0 Å². The van der Waals surface area contributed by atoms with Crippen LogP contribution in [0.4, 0.5) is 10.3 Å². The molecule has 12 heteroatoms. The summed E-state index contributed by atoms with van der Waals surface area (Å²) in [4.78, 5) is 32.9. The Morgan fingerprint density at radius 1 is 0.694 bits per heavy atom. The summed E-state index contributed by atoms with van der Waals surface area (Å²) in [6, 6.07) is 11.0. The molecule has 10 nitrogen and oxygen atoms in total. The van der Waals surface area contributed by atoms with Crippen molar-refractivity contribution >= 4 is 44.8 Å². The van der Waals surface area contributed by atoms with Crippen molar-refractivity contribution in [3.05, 3.63) is 70.2 Å². The van der Waals surface area contributed by atoms with Crippen LogP contribution in [0, 0.1) is 0 Å². The van der Waals surface area contributed by atoms with Gasteiger partial charge in [-0.1, -0.05) is 34.8 Å². The maximum Gasteiger partial charge on any atom is 0.232 e. The molecule has 5 rings (SSSR count). The lowest BCUT2D eigenvalue weighted by atomic mass is 9.83. The van der Waals surface area contributed by atoms with E-state index in [0.29, 0.717) is 33.5 Å². The smallest absolute Gasteiger partial charge is 0.232 e. The lowest BCUT2D eigenvalue weighted by Crippen LogP contribution is -2.14. The summed E-state index contributed by atoms with van der Waals surface area (Å²) < 4.78 is 0. The van der Waals surface area contributed by atoms with Crippen molar-refractivity contribution in [3.63, 3.8) is 0 Å². The molecule has 0 radical (unpaired) electrons. The molecule has 0 aromatic carbocycles. The Morgan fingerprint density at radius 3 is 1.53 bits per heavy atom. The lowest BCUT2D eigenvalue weighted by Gasteiger charge is -2.25. The van der Waals surface area contributed by atoms with Gasteiger partial charge in [0.1, 0.15) is 10.0 Å². The number of rotatable bonds is 8. The molecule has 1 aliphatic rings. The van der Waals surface area contributed by atoms with Gasteiger partial charge in [0, 0.05) is 35.6 Å². The van der Waals surface area contributed by atoms with E-state index >= 15 is 0 Å². The Morgan fingerprint density at radius 2 is 1.14 bits per heavy atom. The molecule has 0 unspecified atom stereocenters. The summed E-state index contributed by atoms with van der Waals surface area (Å²) in [5.74, 6) is 0.315. The predicted octanol–water partition coefficient (Wildman–Crippen LogP) is 3.98. The van der Waals surface area contributed by atoms with Crippen LogP contribution in [0.15, 0.2) is 48.8 Å². The quantitative estimate of drug-likeness (QED) is 0.356. The van der Waals surface area contributed by atoms with E-state index in [1.165, 1.54) is 22.7 Å². The standard InChI is InChI=1S/C24H24N8O2S2/c33-19(13-17-5-1-3-11-25-17)27-23-31-29-21(35-23)15-7-9-16(10-8-15)22-30-32-24(36-22)28-20(34)14-18-6-2-4-12-26-18/h1-6,11-12,15-16H,7-10,13-14H2,(H,27,31,33)(H,28,32,34)/t15-,16-. The summed E-state index contributed by atoms with van der Waals surface area (Å²) in [7, 11) is 0. The second kappa shape index (κ2) is 11.4. The van der Waals surface area contributed by atoms with Crippen molar-refractivity contribution in [2.45, 2.75) is 50.4 Å². The van der Waals surface area contributed by atoms with Gasteiger partial charge >= 0.3 is 0 Å². The fraction of sp³-hybridized carbons (Fsp3) is 0.333. The van der Waals surface area contributed by atoms with E-state index < -0.39 is 0 Å². The second-order valence-corrected chi connectivity index (χ2v) is 10.5. The van der Waals surface area contributed by atoms with Crippen molar-refractivity contribution in [2.75, 3.05) is 10.6 Å². The van der Waals surface area contributed by atoms with Gasteiger partial charge in [-0.15, -0.1) is 20.4 Å². The molecule has 4 heterocycles. The van der Waals surface area contributed by atoms with Crippen LogP contribution in [0.25, 0.3) is 0 Å². The molecule has 2 amide bonds. The van der Waals surface area contributed by atoms with E-state index in [1.807, 2.05) is 36.4 Å². The number of nitrogens with one attached hydrogen (secondary N) is 2. The van der Waals surface area contributed by atoms with E-state index in [2.05, 4.69) is 41.0 Å². The van der Waals surface area contributed by atoms with E-state index in [4.69, 9.17) is 0 Å². The molecule has 36 heavy (non-hydrogen) atoms. The highest BCUT2D eigenvalue weighted by atomic mass is 32.1. The number of amides is 2. The summed E-state index contributed by atoms with van der Waals surface area (Å²) in [6.07, 6.45) is 7.59. The zero-order chi connectivity index (χ0) is 24.7. The SMILES string of the molecule is O=C(Cc1ccccn1)Nc1nnc([C@H]2CC[C@H](c3nnc(NC(=O)Cc4ccccn4)s3)CC2)s1. The maximum absolute atomic E-state index is 12.3. The van der Waals surface area contributed by atoms with Crippen LogP contribution in [-0.4, -0.2) is 42.2 Å². The molecule has 4 aromatic rings. The van der Waals surface area contributed by atoms with E-state index in [-0.39, 0.29) is 24.7 Å². The molecule has 4 aromatic heterocycles. The minimum Gasteiger partial charge on any atom is -0.300 e. The van der Waals surface area contributed by atoms with E-state index in [1.54, 1.807) is 12.4 Å². The maximum atomic E-state index is 12.3. The highest BCUT2D eigenvalue weighted by Gasteiger charge is 2.28. The van der Waals surface area contributed by atoms with Crippen LogP contribution in [0.3, 0.4) is 0 Å². The molecule has 1 fully saturated rings. The molecule has 0 spiro atoms. The van der Waals surface area contributed by atoms with Gasteiger partial charge in [0.05, 0.1) is 12.8 Å². The lowest BCUT2D eigenvalue weighted by molar-refractivity contribution is -0.116. The van der Waals surface area contributed by atoms with Gasteiger partial charge in [0.15, 0.2) is 0 Å². The number of nitrogens with zero attached hydrogens (tertiary/aromatic N) is 6. The van der Waals surface area contributed by atoms with Crippen molar-refractivity contribution in [1.82, 2.24) is 30.4 Å². The molecule has 0 bridgehead atoms. The van der Waals surface area contributed by atoms with Crippen LogP contribution in [0.2, 0.25) is 0 Å². The summed E-state index contributed by atoms with van der Waals surface area (Å²) in [5.41, 5.74) is 1.43. The summed E-state index contributed by atoms with van der Waals surface area (Å²) >= 11 is 2.87. The highest BCUT2D eigenvalue weighted by Crippen LogP contribution is 2.42. The predicted molar refractivity (Wildman–Crippen MR) is 137 cm³/mol. The van der Waals surface area contributed by atoms with Gasteiger partial charge in [-0.3, -0.25) is 19.6 Å². The first-order chi connectivity index (χ1) is 17.6. The van der Waals surface area contributed by atoms with Gasteiger partial charge in [-0.05, 0) is 49.9 Å².